The van der Waals surface area contributed by atoms with Crippen molar-refractivity contribution in [3.63, 3.8) is 0 Å². The molecule has 1 aromatic heterocycles. The van der Waals surface area contributed by atoms with Crippen molar-refractivity contribution in [3.05, 3.63) is 36.1 Å². The van der Waals surface area contributed by atoms with Gasteiger partial charge in [-0.1, -0.05) is 6.07 Å². The van der Waals surface area contributed by atoms with Gasteiger partial charge in [-0.15, -0.1) is 12.4 Å². The second-order valence-corrected chi connectivity index (χ2v) is 3.69. The highest BCUT2D eigenvalue weighted by atomic mass is 35.5. The lowest BCUT2D eigenvalue weighted by molar-refractivity contribution is 0.606. The Morgan fingerprint density at radius 3 is 2.87 bits per heavy atom. The van der Waals surface area contributed by atoms with Crippen molar-refractivity contribution in [1.82, 2.24) is 5.32 Å². The first-order chi connectivity index (χ1) is 6.79. The highest BCUT2D eigenvalue weighted by molar-refractivity contribution is 5.85. The molecule has 0 aliphatic carbocycles. The zero-order valence-corrected chi connectivity index (χ0v) is 9.80. The molecule has 1 unspecified atom stereocenters. The van der Waals surface area contributed by atoms with Crippen LogP contribution in [0.3, 0.4) is 0 Å². The number of halogens is 1. The van der Waals surface area contributed by atoms with E-state index in [1.54, 1.807) is 6.26 Å². The summed E-state index contributed by atoms with van der Waals surface area (Å²) in [7, 11) is 1.99. The Labute approximate surface area is 96.1 Å². The van der Waals surface area contributed by atoms with E-state index < -0.39 is 0 Å². The van der Waals surface area contributed by atoms with Gasteiger partial charge in [-0.3, -0.25) is 0 Å². The fourth-order valence-corrected chi connectivity index (χ4v) is 1.60. The molecule has 2 aromatic rings. The molecule has 0 aliphatic rings. The molecule has 0 amide bonds. The molecule has 0 spiro atoms. The lowest BCUT2D eigenvalue weighted by atomic mass is 10.1. The second-order valence-electron chi connectivity index (χ2n) is 3.69. The van der Waals surface area contributed by atoms with E-state index in [9.17, 15) is 0 Å². The molecule has 0 aliphatic heterocycles. The lowest BCUT2D eigenvalue weighted by Crippen LogP contribution is -2.23. The maximum Gasteiger partial charge on any atom is 0.133 e. The lowest BCUT2D eigenvalue weighted by Gasteiger charge is -2.09. The molecular formula is C12H16ClNO. The molecule has 2 rings (SSSR count). The molecule has 1 N–H and O–H groups in total. The maximum absolute atomic E-state index is 5.29. The Morgan fingerprint density at radius 2 is 2.13 bits per heavy atom. The summed E-state index contributed by atoms with van der Waals surface area (Å²) >= 11 is 0. The SMILES string of the molecule is CNC(C)Cc1ccc2occc2c1.Cl. The standard InChI is InChI=1S/C12H15NO.ClH/c1-9(13-2)7-10-3-4-12-11(8-10)5-6-14-12;/h3-6,8-9,13H,7H2,1-2H3;1H. The molecule has 0 saturated carbocycles. The predicted octanol–water partition coefficient (Wildman–Crippen LogP) is 3.01. The molecule has 15 heavy (non-hydrogen) atoms. The second kappa shape index (κ2) is 5.19. The van der Waals surface area contributed by atoms with Crippen LogP contribution in [-0.4, -0.2) is 13.1 Å². The molecule has 1 atom stereocenters. The summed E-state index contributed by atoms with van der Waals surface area (Å²) in [6.45, 7) is 2.18. The van der Waals surface area contributed by atoms with E-state index in [0.717, 1.165) is 12.0 Å². The van der Waals surface area contributed by atoms with Gasteiger partial charge in [-0.25, -0.2) is 0 Å². The normalized spacial score (nSPS) is 12.4. The van der Waals surface area contributed by atoms with Crippen LogP contribution >= 0.6 is 12.4 Å². The number of nitrogens with one attached hydrogen (secondary N) is 1. The number of hydrogen-bond acceptors (Lipinski definition) is 2. The first kappa shape index (κ1) is 12.1. The van der Waals surface area contributed by atoms with Gasteiger partial charge in [0.25, 0.3) is 0 Å². The van der Waals surface area contributed by atoms with Gasteiger partial charge < -0.3 is 9.73 Å². The molecule has 0 saturated heterocycles. The summed E-state index contributed by atoms with van der Waals surface area (Å²) in [6, 6.07) is 8.86. The van der Waals surface area contributed by atoms with Crippen molar-refractivity contribution < 1.29 is 4.42 Å². The van der Waals surface area contributed by atoms with E-state index >= 15 is 0 Å². The minimum atomic E-state index is 0. The summed E-state index contributed by atoms with van der Waals surface area (Å²) in [5.41, 5.74) is 2.31. The third kappa shape index (κ3) is 2.74. The fourth-order valence-electron chi connectivity index (χ4n) is 1.60. The van der Waals surface area contributed by atoms with Crippen molar-refractivity contribution in [2.45, 2.75) is 19.4 Å². The van der Waals surface area contributed by atoms with Gasteiger partial charge in [0.2, 0.25) is 0 Å². The highest BCUT2D eigenvalue weighted by Gasteiger charge is 2.02. The Hall–Kier alpha value is -0.990. The average molecular weight is 226 g/mol. The molecule has 0 fully saturated rings. The van der Waals surface area contributed by atoms with E-state index in [1.807, 2.05) is 19.2 Å². The van der Waals surface area contributed by atoms with E-state index in [0.29, 0.717) is 6.04 Å². The van der Waals surface area contributed by atoms with Crippen LogP contribution in [0.4, 0.5) is 0 Å². The molecule has 3 heteroatoms. The first-order valence-corrected chi connectivity index (χ1v) is 4.93. The highest BCUT2D eigenvalue weighted by Crippen LogP contribution is 2.17. The zero-order chi connectivity index (χ0) is 9.97. The van der Waals surface area contributed by atoms with E-state index in [1.165, 1.54) is 10.9 Å². The van der Waals surface area contributed by atoms with Gasteiger partial charge in [-0.2, -0.15) is 0 Å². The minimum absolute atomic E-state index is 0. The van der Waals surface area contributed by atoms with Crippen molar-refractivity contribution in [2.75, 3.05) is 7.05 Å². The van der Waals surface area contributed by atoms with Crippen LogP contribution in [-0.2, 0) is 6.42 Å². The fraction of sp³-hybridized carbons (Fsp3) is 0.333. The minimum Gasteiger partial charge on any atom is -0.464 e. The van der Waals surface area contributed by atoms with E-state index in [2.05, 4.69) is 24.4 Å². The Kier molecular flexibility index (Phi) is 4.18. The maximum atomic E-state index is 5.29. The van der Waals surface area contributed by atoms with Crippen molar-refractivity contribution >= 4 is 23.4 Å². The predicted molar refractivity (Wildman–Crippen MR) is 65.7 cm³/mol. The quantitative estimate of drug-likeness (QED) is 0.869. The van der Waals surface area contributed by atoms with Crippen molar-refractivity contribution in [1.29, 1.82) is 0 Å². The van der Waals surface area contributed by atoms with Crippen LogP contribution in [0.2, 0.25) is 0 Å². The summed E-state index contributed by atoms with van der Waals surface area (Å²) < 4.78 is 5.29. The largest absolute Gasteiger partial charge is 0.464 e. The number of hydrogen-bond donors (Lipinski definition) is 1. The molecule has 0 bridgehead atoms. The van der Waals surface area contributed by atoms with Gasteiger partial charge in [0, 0.05) is 11.4 Å². The topological polar surface area (TPSA) is 25.2 Å². The van der Waals surface area contributed by atoms with Gasteiger partial charge in [-0.05, 0) is 44.2 Å². The Morgan fingerprint density at radius 1 is 1.33 bits per heavy atom. The number of fused-ring (bicyclic) bond motifs is 1. The van der Waals surface area contributed by atoms with Crippen LogP contribution in [0, 0.1) is 0 Å². The van der Waals surface area contributed by atoms with Crippen LogP contribution in [0.5, 0.6) is 0 Å². The summed E-state index contributed by atoms with van der Waals surface area (Å²) in [5.74, 6) is 0. The number of benzene rings is 1. The monoisotopic (exact) mass is 225 g/mol. The van der Waals surface area contributed by atoms with Crippen molar-refractivity contribution in [2.24, 2.45) is 0 Å². The summed E-state index contributed by atoms with van der Waals surface area (Å²) in [4.78, 5) is 0. The summed E-state index contributed by atoms with van der Waals surface area (Å²) in [5, 5.41) is 4.42. The molecule has 1 aromatic carbocycles. The average Bonchev–Trinajstić information content (AvgIpc) is 2.64. The van der Waals surface area contributed by atoms with Crippen LogP contribution in [0.1, 0.15) is 12.5 Å². The van der Waals surface area contributed by atoms with Crippen molar-refractivity contribution in [3.8, 4) is 0 Å². The van der Waals surface area contributed by atoms with E-state index in [-0.39, 0.29) is 12.4 Å². The Balaban J connectivity index is 0.00000112. The first-order valence-electron chi connectivity index (χ1n) is 4.93. The smallest absolute Gasteiger partial charge is 0.133 e. The number of furan rings is 1. The van der Waals surface area contributed by atoms with Gasteiger partial charge in [0.15, 0.2) is 0 Å². The number of likely N-dealkylation sites (N-methyl/N-ethyl adjacent to an activating group) is 1. The molecular weight excluding hydrogens is 210 g/mol. The van der Waals surface area contributed by atoms with Gasteiger partial charge >= 0.3 is 0 Å². The van der Waals surface area contributed by atoms with E-state index in [4.69, 9.17) is 4.42 Å². The van der Waals surface area contributed by atoms with Gasteiger partial charge in [0.1, 0.15) is 5.58 Å². The molecule has 1 heterocycles. The molecule has 0 radical (unpaired) electrons. The third-order valence-electron chi connectivity index (χ3n) is 2.55. The number of rotatable bonds is 3. The third-order valence-corrected chi connectivity index (χ3v) is 2.55. The molecule has 82 valence electrons. The van der Waals surface area contributed by atoms with Crippen LogP contribution in [0.15, 0.2) is 34.9 Å². The van der Waals surface area contributed by atoms with Crippen LogP contribution < -0.4 is 5.32 Å². The van der Waals surface area contributed by atoms with Crippen LogP contribution in [0.25, 0.3) is 11.0 Å². The molecule has 2 nitrogen and oxygen atoms in total. The summed E-state index contributed by atoms with van der Waals surface area (Å²) in [6.07, 6.45) is 2.79. The zero-order valence-electron chi connectivity index (χ0n) is 8.99. The Bertz CT molecular complexity index is 424. The van der Waals surface area contributed by atoms with Gasteiger partial charge in [0.05, 0.1) is 6.26 Å².